The molecule has 0 radical (unpaired) electrons. The van der Waals surface area contributed by atoms with Gasteiger partial charge >= 0.3 is 5.97 Å². The van der Waals surface area contributed by atoms with E-state index in [4.69, 9.17) is 21.4 Å². The highest BCUT2D eigenvalue weighted by atomic mass is 35.5. The summed E-state index contributed by atoms with van der Waals surface area (Å²) >= 11 is 5.32. The number of halogens is 3. The van der Waals surface area contributed by atoms with Gasteiger partial charge in [0.2, 0.25) is 5.82 Å². The highest BCUT2D eigenvalue weighted by Crippen LogP contribution is 2.19. The maximum absolute atomic E-state index is 13.0. The standard InChI is InChI=1S/C9H7ClF2O3/c10-5(9(13)14)4-15-7-3-1-2-6(11)8(7)12/h1-3,5H,4H2,(H,13,14). The van der Waals surface area contributed by atoms with E-state index < -0.39 is 29.6 Å². The lowest BCUT2D eigenvalue weighted by atomic mass is 10.3. The Kier molecular flexibility index (Phi) is 3.85. The van der Waals surface area contributed by atoms with Crippen LogP contribution in [0.1, 0.15) is 0 Å². The zero-order chi connectivity index (χ0) is 11.4. The van der Waals surface area contributed by atoms with Gasteiger partial charge in [-0.25, -0.2) is 4.39 Å². The summed E-state index contributed by atoms with van der Waals surface area (Å²) in [6.45, 7) is -0.433. The summed E-state index contributed by atoms with van der Waals surface area (Å²) < 4.78 is 30.3. The van der Waals surface area contributed by atoms with Crippen LogP contribution in [0.3, 0.4) is 0 Å². The molecule has 0 amide bonds. The van der Waals surface area contributed by atoms with Crippen molar-refractivity contribution in [1.29, 1.82) is 0 Å². The van der Waals surface area contributed by atoms with E-state index in [2.05, 4.69) is 0 Å². The van der Waals surface area contributed by atoms with Gasteiger partial charge in [0.25, 0.3) is 0 Å². The van der Waals surface area contributed by atoms with Crippen LogP contribution in [-0.2, 0) is 4.79 Å². The lowest BCUT2D eigenvalue weighted by molar-refractivity contribution is -0.137. The Morgan fingerprint density at radius 2 is 2.20 bits per heavy atom. The predicted octanol–water partition coefficient (Wildman–Crippen LogP) is 2.04. The maximum Gasteiger partial charge on any atom is 0.325 e. The van der Waals surface area contributed by atoms with E-state index >= 15 is 0 Å². The molecule has 0 aliphatic carbocycles. The molecule has 0 heterocycles. The summed E-state index contributed by atoms with van der Waals surface area (Å²) in [5.74, 6) is -3.86. The van der Waals surface area contributed by atoms with Gasteiger partial charge in [-0.15, -0.1) is 11.6 Å². The van der Waals surface area contributed by atoms with Gasteiger partial charge in [0.05, 0.1) is 0 Å². The quantitative estimate of drug-likeness (QED) is 0.814. The number of alkyl halides is 1. The Labute approximate surface area is 89.2 Å². The van der Waals surface area contributed by atoms with Crippen molar-refractivity contribution >= 4 is 17.6 Å². The van der Waals surface area contributed by atoms with Crippen LogP contribution in [-0.4, -0.2) is 23.1 Å². The van der Waals surface area contributed by atoms with E-state index in [0.29, 0.717) is 0 Å². The number of ether oxygens (including phenoxy) is 1. The van der Waals surface area contributed by atoms with Gasteiger partial charge in [0.15, 0.2) is 16.9 Å². The van der Waals surface area contributed by atoms with Gasteiger partial charge in [0.1, 0.15) is 6.61 Å². The fraction of sp³-hybridized carbons (Fsp3) is 0.222. The predicted molar refractivity (Wildman–Crippen MR) is 49.1 cm³/mol. The molecule has 1 atom stereocenters. The van der Waals surface area contributed by atoms with Gasteiger partial charge in [-0.3, -0.25) is 4.79 Å². The van der Waals surface area contributed by atoms with Gasteiger partial charge < -0.3 is 9.84 Å². The van der Waals surface area contributed by atoms with Crippen LogP contribution in [0.25, 0.3) is 0 Å². The molecule has 0 bridgehead atoms. The summed E-state index contributed by atoms with van der Waals surface area (Å²) in [5, 5.41) is 7.11. The monoisotopic (exact) mass is 236 g/mol. The highest BCUT2D eigenvalue weighted by Gasteiger charge is 2.16. The number of carbonyl (C=O) groups is 1. The van der Waals surface area contributed by atoms with Crippen molar-refractivity contribution in [2.24, 2.45) is 0 Å². The molecule has 0 saturated heterocycles. The Morgan fingerprint density at radius 1 is 1.53 bits per heavy atom. The number of carboxylic acid groups (broad SMARTS) is 1. The SMILES string of the molecule is O=C(O)C(Cl)COc1cccc(F)c1F. The minimum Gasteiger partial charge on any atom is -0.488 e. The van der Waals surface area contributed by atoms with Crippen molar-refractivity contribution in [1.82, 2.24) is 0 Å². The second-order valence-electron chi connectivity index (χ2n) is 2.67. The van der Waals surface area contributed by atoms with Crippen LogP contribution in [0.15, 0.2) is 18.2 Å². The van der Waals surface area contributed by atoms with Crippen molar-refractivity contribution in [2.45, 2.75) is 5.38 Å². The third-order valence-electron chi connectivity index (χ3n) is 1.57. The van der Waals surface area contributed by atoms with Gasteiger partial charge in [-0.1, -0.05) is 6.07 Å². The van der Waals surface area contributed by atoms with E-state index in [9.17, 15) is 13.6 Å². The Morgan fingerprint density at radius 3 is 2.80 bits per heavy atom. The Bertz CT molecular complexity index is 370. The number of hydrogen-bond acceptors (Lipinski definition) is 2. The lowest BCUT2D eigenvalue weighted by Crippen LogP contribution is -2.21. The second kappa shape index (κ2) is 4.93. The molecule has 0 spiro atoms. The van der Waals surface area contributed by atoms with Gasteiger partial charge in [-0.05, 0) is 12.1 Å². The minimum absolute atomic E-state index is 0.359. The molecule has 0 saturated carbocycles. The van der Waals surface area contributed by atoms with Crippen LogP contribution in [0.4, 0.5) is 8.78 Å². The molecule has 0 aliphatic heterocycles. The summed E-state index contributed by atoms with van der Waals surface area (Å²) in [6, 6.07) is 3.36. The second-order valence-corrected chi connectivity index (χ2v) is 3.20. The normalized spacial score (nSPS) is 12.2. The Balaban J connectivity index is 2.66. The van der Waals surface area contributed by atoms with Crippen LogP contribution in [0.2, 0.25) is 0 Å². The largest absolute Gasteiger partial charge is 0.488 e. The molecule has 1 aromatic carbocycles. The van der Waals surface area contributed by atoms with Crippen molar-refractivity contribution in [2.75, 3.05) is 6.61 Å². The maximum atomic E-state index is 13.0. The fourth-order valence-corrected chi connectivity index (χ4v) is 0.893. The van der Waals surface area contributed by atoms with Crippen LogP contribution >= 0.6 is 11.6 Å². The summed E-state index contributed by atoms with van der Waals surface area (Å²) in [6.07, 6.45) is 0. The zero-order valence-electron chi connectivity index (χ0n) is 7.41. The smallest absolute Gasteiger partial charge is 0.325 e. The first-order valence-electron chi connectivity index (χ1n) is 3.96. The molecule has 0 aliphatic rings. The first-order chi connectivity index (χ1) is 7.02. The fourth-order valence-electron chi connectivity index (χ4n) is 0.830. The number of hydrogen-bond donors (Lipinski definition) is 1. The molecular formula is C9H7ClF2O3. The zero-order valence-corrected chi connectivity index (χ0v) is 8.17. The van der Waals surface area contributed by atoms with E-state index in [0.717, 1.165) is 6.07 Å². The molecular weight excluding hydrogens is 230 g/mol. The molecule has 6 heteroatoms. The van der Waals surface area contributed by atoms with Gasteiger partial charge in [0, 0.05) is 0 Å². The van der Waals surface area contributed by atoms with Crippen LogP contribution in [0.5, 0.6) is 5.75 Å². The van der Waals surface area contributed by atoms with E-state index in [-0.39, 0.29) is 5.75 Å². The average molecular weight is 237 g/mol. The van der Waals surface area contributed by atoms with E-state index in [1.54, 1.807) is 0 Å². The molecule has 1 unspecified atom stereocenters. The summed E-state index contributed by atoms with van der Waals surface area (Å²) in [7, 11) is 0. The van der Waals surface area contributed by atoms with Crippen LogP contribution < -0.4 is 4.74 Å². The van der Waals surface area contributed by atoms with Crippen molar-refractivity contribution in [3.05, 3.63) is 29.8 Å². The average Bonchev–Trinajstić information content (AvgIpc) is 2.19. The topological polar surface area (TPSA) is 46.5 Å². The number of benzene rings is 1. The van der Waals surface area contributed by atoms with Crippen molar-refractivity contribution in [3.63, 3.8) is 0 Å². The van der Waals surface area contributed by atoms with Crippen LogP contribution in [0, 0.1) is 11.6 Å². The lowest BCUT2D eigenvalue weighted by Gasteiger charge is -2.08. The number of carboxylic acids is 1. The molecule has 0 aromatic heterocycles. The Hall–Kier alpha value is -1.36. The molecule has 1 aromatic rings. The molecule has 1 rings (SSSR count). The first-order valence-corrected chi connectivity index (χ1v) is 4.39. The third kappa shape index (κ3) is 3.06. The molecule has 0 fully saturated rings. The summed E-state index contributed by atoms with van der Waals surface area (Å²) in [5.41, 5.74) is 0. The summed E-state index contributed by atoms with van der Waals surface area (Å²) in [4.78, 5) is 10.3. The third-order valence-corrected chi connectivity index (χ3v) is 1.88. The first kappa shape index (κ1) is 11.7. The van der Waals surface area contributed by atoms with Crippen molar-refractivity contribution < 1.29 is 23.4 Å². The van der Waals surface area contributed by atoms with Gasteiger partial charge in [-0.2, -0.15) is 4.39 Å². The van der Waals surface area contributed by atoms with Crippen molar-refractivity contribution in [3.8, 4) is 5.75 Å². The molecule has 1 N–H and O–H groups in total. The molecule has 3 nitrogen and oxygen atoms in total. The minimum atomic E-state index is -1.30. The molecule has 82 valence electrons. The number of rotatable bonds is 4. The highest BCUT2D eigenvalue weighted by molar-refractivity contribution is 6.29. The number of aliphatic carboxylic acids is 1. The molecule has 15 heavy (non-hydrogen) atoms. The van der Waals surface area contributed by atoms with E-state index in [1.807, 2.05) is 0 Å². The van der Waals surface area contributed by atoms with E-state index in [1.165, 1.54) is 12.1 Å².